The molecule has 1 N–H and O–H groups in total. The second-order valence-corrected chi connectivity index (χ2v) is 9.57. The molecule has 5 nitrogen and oxygen atoms in total. The summed E-state index contributed by atoms with van der Waals surface area (Å²) in [5.74, 6) is -0.158. The summed E-state index contributed by atoms with van der Waals surface area (Å²) in [6, 6.07) is 10.8. The molecule has 0 aliphatic carbocycles. The van der Waals surface area contributed by atoms with Gasteiger partial charge >= 0.3 is 0 Å². The van der Waals surface area contributed by atoms with Crippen molar-refractivity contribution in [3.63, 3.8) is 0 Å². The topological polar surface area (TPSA) is 66.5 Å². The van der Waals surface area contributed by atoms with Crippen LogP contribution in [0.3, 0.4) is 0 Å². The molecule has 134 valence electrons. The number of thiophene rings is 1. The van der Waals surface area contributed by atoms with Crippen LogP contribution in [0.5, 0.6) is 0 Å². The lowest BCUT2D eigenvalue weighted by Crippen LogP contribution is -2.35. The Balaban J connectivity index is 1.63. The standard InChI is InChI=1S/C18H22N2O3S2/c1-14-5-7-15(8-6-14)18(21)19-13-16-9-10-17(24-16)25(22,23)20-11-3-2-4-12-20/h5-10H,2-4,11-13H2,1H3,(H,19,21). The Morgan fingerprint density at radius 3 is 2.44 bits per heavy atom. The molecule has 0 radical (unpaired) electrons. The van der Waals surface area contributed by atoms with Gasteiger partial charge in [-0.05, 0) is 44.0 Å². The van der Waals surface area contributed by atoms with E-state index < -0.39 is 10.0 Å². The maximum atomic E-state index is 12.6. The highest BCUT2D eigenvalue weighted by Crippen LogP contribution is 2.27. The second kappa shape index (κ2) is 7.68. The molecule has 1 aliphatic heterocycles. The van der Waals surface area contributed by atoms with E-state index in [1.807, 2.05) is 19.1 Å². The van der Waals surface area contributed by atoms with Crippen molar-refractivity contribution in [2.75, 3.05) is 13.1 Å². The average molecular weight is 379 g/mol. The highest BCUT2D eigenvalue weighted by molar-refractivity contribution is 7.91. The molecule has 0 atom stereocenters. The zero-order valence-electron chi connectivity index (χ0n) is 14.2. The van der Waals surface area contributed by atoms with Crippen molar-refractivity contribution in [3.8, 4) is 0 Å². The van der Waals surface area contributed by atoms with E-state index in [2.05, 4.69) is 5.32 Å². The molecular formula is C18H22N2O3S2. The molecule has 1 aromatic carbocycles. The lowest BCUT2D eigenvalue weighted by molar-refractivity contribution is 0.0951. The SMILES string of the molecule is Cc1ccc(C(=O)NCc2ccc(S(=O)(=O)N3CCCCC3)s2)cc1. The third-order valence-electron chi connectivity index (χ3n) is 4.28. The fourth-order valence-electron chi connectivity index (χ4n) is 2.80. The van der Waals surface area contributed by atoms with Gasteiger partial charge in [-0.25, -0.2) is 8.42 Å². The van der Waals surface area contributed by atoms with Crippen LogP contribution in [0.2, 0.25) is 0 Å². The van der Waals surface area contributed by atoms with E-state index in [0.29, 0.717) is 29.4 Å². The van der Waals surface area contributed by atoms with Gasteiger partial charge in [-0.15, -0.1) is 11.3 Å². The van der Waals surface area contributed by atoms with Gasteiger partial charge in [0.2, 0.25) is 0 Å². The van der Waals surface area contributed by atoms with E-state index >= 15 is 0 Å². The van der Waals surface area contributed by atoms with Crippen molar-refractivity contribution in [3.05, 3.63) is 52.4 Å². The molecule has 25 heavy (non-hydrogen) atoms. The number of nitrogens with zero attached hydrogens (tertiary/aromatic N) is 1. The van der Waals surface area contributed by atoms with Gasteiger partial charge in [0.05, 0.1) is 6.54 Å². The summed E-state index contributed by atoms with van der Waals surface area (Å²) in [6.45, 7) is 3.49. The molecule has 0 saturated carbocycles. The van der Waals surface area contributed by atoms with Gasteiger partial charge in [0, 0.05) is 23.5 Å². The van der Waals surface area contributed by atoms with Crippen LogP contribution in [0.25, 0.3) is 0 Å². The maximum absolute atomic E-state index is 12.6. The van der Waals surface area contributed by atoms with Crippen LogP contribution in [-0.4, -0.2) is 31.7 Å². The molecule has 0 bridgehead atoms. The third-order valence-corrected chi connectivity index (χ3v) is 7.73. The Hall–Kier alpha value is -1.70. The number of carbonyl (C=O) groups is 1. The Morgan fingerprint density at radius 2 is 1.76 bits per heavy atom. The largest absolute Gasteiger partial charge is 0.347 e. The summed E-state index contributed by atoms with van der Waals surface area (Å²) in [4.78, 5) is 13.0. The number of hydrogen-bond acceptors (Lipinski definition) is 4. The first-order valence-electron chi connectivity index (χ1n) is 8.40. The zero-order valence-corrected chi connectivity index (χ0v) is 15.8. The summed E-state index contributed by atoms with van der Waals surface area (Å²) in [5, 5.41) is 2.84. The number of sulfonamides is 1. The Bertz CT molecular complexity index is 835. The Morgan fingerprint density at radius 1 is 1.08 bits per heavy atom. The number of nitrogens with one attached hydrogen (secondary N) is 1. The van der Waals surface area contributed by atoms with Gasteiger partial charge in [0.25, 0.3) is 15.9 Å². The van der Waals surface area contributed by atoms with Crippen molar-refractivity contribution in [1.82, 2.24) is 9.62 Å². The summed E-state index contributed by atoms with van der Waals surface area (Å²) >= 11 is 1.23. The summed E-state index contributed by atoms with van der Waals surface area (Å²) < 4.78 is 27.2. The first-order chi connectivity index (χ1) is 12.0. The fourth-order valence-corrected chi connectivity index (χ4v) is 5.77. The van der Waals surface area contributed by atoms with E-state index in [9.17, 15) is 13.2 Å². The molecule has 0 spiro atoms. The van der Waals surface area contributed by atoms with Crippen LogP contribution in [0.15, 0.2) is 40.6 Å². The fraction of sp³-hybridized carbons (Fsp3) is 0.389. The molecule has 0 unspecified atom stereocenters. The highest BCUT2D eigenvalue weighted by Gasteiger charge is 2.27. The van der Waals surface area contributed by atoms with Crippen LogP contribution in [0.4, 0.5) is 0 Å². The quantitative estimate of drug-likeness (QED) is 0.869. The zero-order chi connectivity index (χ0) is 17.9. The number of benzene rings is 1. The maximum Gasteiger partial charge on any atom is 0.252 e. The first-order valence-corrected chi connectivity index (χ1v) is 10.7. The molecule has 1 saturated heterocycles. The number of hydrogen-bond donors (Lipinski definition) is 1. The monoisotopic (exact) mass is 378 g/mol. The van der Waals surface area contributed by atoms with Crippen molar-refractivity contribution in [2.45, 2.75) is 36.9 Å². The van der Waals surface area contributed by atoms with Gasteiger partial charge in [-0.3, -0.25) is 4.79 Å². The van der Waals surface area contributed by atoms with Crippen LogP contribution >= 0.6 is 11.3 Å². The van der Waals surface area contributed by atoms with Crippen molar-refractivity contribution < 1.29 is 13.2 Å². The van der Waals surface area contributed by atoms with Crippen LogP contribution in [-0.2, 0) is 16.6 Å². The predicted molar refractivity (Wildman–Crippen MR) is 99.3 cm³/mol. The van der Waals surface area contributed by atoms with Gasteiger partial charge in [-0.2, -0.15) is 4.31 Å². The summed E-state index contributed by atoms with van der Waals surface area (Å²) in [5.41, 5.74) is 1.70. The number of piperidine rings is 1. The van der Waals surface area contributed by atoms with Crippen LogP contribution < -0.4 is 5.32 Å². The average Bonchev–Trinajstić information content (AvgIpc) is 3.11. The lowest BCUT2D eigenvalue weighted by Gasteiger charge is -2.25. The summed E-state index contributed by atoms with van der Waals surface area (Å²) in [6.07, 6.45) is 2.93. The minimum atomic E-state index is -3.40. The second-order valence-electron chi connectivity index (χ2n) is 6.23. The van der Waals surface area contributed by atoms with Crippen LogP contribution in [0.1, 0.15) is 40.1 Å². The normalized spacial score (nSPS) is 15.9. The number of aryl methyl sites for hydroxylation is 1. The van der Waals surface area contributed by atoms with Crippen molar-refractivity contribution in [2.24, 2.45) is 0 Å². The van der Waals surface area contributed by atoms with E-state index in [1.165, 1.54) is 11.3 Å². The molecule has 1 fully saturated rings. The molecule has 2 heterocycles. The minimum Gasteiger partial charge on any atom is -0.347 e. The van der Waals surface area contributed by atoms with Crippen molar-refractivity contribution in [1.29, 1.82) is 0 Å². The smallest absolute Gasteiger partial charge is 0.252 e. The highest BCUT2D eigenvalue weighted by atomic mass is 32.2. The number of carbonyl (C=O) groups excluding carboxylic acids is 1. The first kappa shape index (κ1) is 18.1. The van der Waals surface area contributed by atoms with E-state index in [4.69, 9.17) is 0 Å². The Kier molecular flexibility index (Phi) is 5.56. The van der Waals surface area contributed by atoms with E-state index in [0.717, 1.165) is 29.7 Å². The predicted octanol–water partition coefficient (Wildman–Crippen LogP) is 3.16. The number of rotatable bonds is 5. The molecule has 3 rings (SSSR count). The van der Waals surface area contributed by atoms with Gasteiger partial charge < -0.3 is 5.32 Å². The van der Waals surface area contributed by atoms with Gasteiger partial charge in [0.15, 0.2) is 0 Å². The van der Waals surface area contributed by atoms with Gasteiger partial charge in [-0.1, -0.05) is 24.1 Å². The Labute approximate surface area is 152 Å². The van der Waals surface area contributed by atoms with Crippen molar-refractivity contribution >= 4 is 27.3 Å². The van der Waals surface area contributed by atoms with E-state index in [-0.39, 0.29) is 5.91 Å². The molecule has 7 heteroatoms. The molecule has 1 aliphatic rings. The van der Waals surface area contributed by atoms with E-state index in [1.54, 1.807) is 28.6 Å². The molecule has 1 amide bonds. The molecule has 1 aromatic heterocycles. The lowest BCUT2D eigenvalue weighted by atomic mass is 10.1. The van der Waals surface area contributed by atoms with Gasteiger partial charge in [0.1, 0.15) is 4.21 Å². The number of amides is 1. The molecule has 2 aromatic rings. The minimum absolute atomic E-state index is 0.158. The summed E-state index contributed by atoms with van der Waals surface area (Å²) in [7, 11) is -3.40. The molecular weight excluding hydrogens is 356 g/mol. The third kappa shape index (κ3) is 4.29. The van der Waals surface area contributed by atoms with Crippen LogP contribution in [0, 0.1) is 6.92 Å².